The van der Waals surface area contributed by atoms with Crippen LogP contribution in [-0.4, -0.2) is 34.8 Å². The second-order valence-corrected chi connectivity index (χ2v) is 4.50. The fraction of sp³-hybridized carbons (Fsp3) is 0.750. The molecule has 0 bridgehead atoms. The van der Waals surface area contributed by atoms with Crippen molar-refractivity contribution in [3.63, 3.8) is 0 Å². The molecule has 2 rings (SSSR count). The predicted molar refractivity (Wildman–Crippen MR) is 63.3 cm³/mol. The summed E-state index contributed by atoms with van der Waals surface area (Å²) in [5.74, 6) is 0. The van der Waals surface area contributed by atoms with Gasteiger partial charge in [-0.3, -0.25) is 0 Å². The van der Waals surface area contributed by atoms with E-state index in [4.69, 9.17) is 4.74 Å². The highest BCUT2D eigenvalue weighted by Gasteiger charge is 2.20. The molecule has 16 heavy (non-hydrogen) atoms. The molecule has 1 aromatic heterocycles. The van der Waals surface area contributed by atoms with Crippen LogP contribution >= 0.6 is 0 Å². The Morgan fingerprint density at radius 1 is 1.50 bits per heavy atom. The third-order valence-electron chi connectivity index (χ3n) is 3.02. The summed E-state index contributed by atoms with van der Waals surface area (Å²) in [7, 11) is 0. The second kappa shape index (κ2) is 6.01. The van der Waals surface area contributed by atoms with E-state index in [2.05, 4.69) is 21.8 Å². The summed E-state index contributed by atoms with van der Waals surface area (Å²) >= 11 is 0. The topological polar surface area (TPSA) is 39.1 Å². The Morgan fingerprint density at radius 3 is 3.12 bits per heavy atom. The van der Waals surface area contributed by atoms with Crippen LogP contribution in [0.5, 0.6) is 0 Å². The van der Waals surface area contributed by atoms with E-state index in [1.807, 2.05) is 18.7 Å². The van der Waals surface area contributed by atoms with E-state index >= 15 is 0 Å². The fourth-order valence-electron chi connectivity index (χ4n) is 2.10. The predicted octanol–water partition coefficient (Wildman–Crippen LogP) is 1.43. The highest BCUT2D eigenvalue weighted by molar-refractivity contribution is 4.74. The molecule has 1 aromatic rings. The Hall–Kier alpha value is -0.870. The Balaban J connectivity index is 1.49. The molecule has 90 valence electrons. The molecule has 1 aliphatic heterocycles. The molecular formula is C12H21N3O. The van der Waals surface area contributed by atoms with Gasteiger partial charge in [-0.1, -0.05) is 0 Å². The zero-order valence-corrected chi connectivity index (χ0v) is 9.93. The smallest absolute Gasteiger partial charge is 0.0945 e. The molecule has 2 unspecified atom stereocenters. The molecule has 0 saturated carbocycles. The molecule has 2 heterocycles. The van der Waals surface area contributed by atoms with Gasteiger partial charge in [0.05, 0.1) is 18.5 Å². The van der Waals surface area contributed by atoms with Gasteiger partial charge in [-0.15, -0.1) is 0 Å². The van der Waals surface area contributed by atoms with E-state index in [0.29, 0.717) is 12.2 Å². The van der Waals surface area contributed by atoms with Gasteiger partial charge in [0.15, 0.2) is 0 Å². The summed E-state index contributed by atoms with van der Waals surface area (Å²) in [5, 5.41) is 3.45. The van der Waals surface area contributed by atoms with E-state index in [1.54, 1.807) is 0 Å². The van der Waals surface area contributed by atoms with E-state index in [1.165, 1.54) is 12.8 Å². The van der Waals surface area contributed by atoms with Gasteiger partial charge in [-0.2, -0.15) is 0 Å². The van der Waals surface area contributed by atoms with Crippen molar-refractivity contribution in [1.82, 2.24) is 14.9 Å². The third-order valence-corrected chi connectivity index (χ3v) is 3.02. The van der Waals surface area contributed by atoms with E-state index in [0.717, 1.165) is 26.1 Å². The number of hydrogen-bond acceptors (Lipinski definition) is 3. The lowest BCUT2D eigenvalue weighted by Gasteiger charge is -2.12. The summed E-state index contributed by atoms with van der Waals surface area (Å²) in [6.45, 7) is 5.23. The number of imidazole rings is 1. The van der Waals surface area contributed by atoms with Gasteiger partial charge in [0, 0.05) is 25.5 Å². The molecule has 1 N–H and O–H groups in total. The second-order valence-electron chi connectivity index (χ2n) is 4.50. The highest BCUT2D eigenvalue weighted by Crippen LogP contribution is 2.17. The van der Waals surface area contributed by atoms with Crippen LogP contribution in [0.25, 0.3) is 0 Å². The first-order chi connectivity index (χ1) is 7.84. The normalized spacial score (nSPS) is 25.1. The number of nitrogens with one attached hydrogen (secondary N) is 1. The molecule has 0 spiro atoms. The van der Waals surface area contributed by atoms with Crippen LogP contribution in [0.15, 0.2) is 18.7 Å². The van der Waals surface area contributed by atoms with Gasteiger partial charge in [0.2, 0.25) is 0 Å². The van der Waals surface area contributed by atoms with Crippen LogP contribution in [-0.2, 0) is 11.3 Å². The number of rotatable bonds is 6. The van der Waals surface area contributed by atoms with E-state index in [-0.39, 0.29) is 0 Å². The summed E-state index contributed by atoms with van der Waals surface area (Å²) in [6.07, 6.45) is 10.1. The third kappa shape index (κ3) is 3.61. The maximum atomic E-state index is 5.74. The first-order valence-corrected chi connectivity index (χ1v) is 6.16. The minimum Gasteiger partial charge on any atom is -0.374 e. The molecule has 4 nitrogen and oxygen atoms in total. The Bertz CT molecular complexity index is 286. The fourth-order valence-corrected chi connectivity index (χ4v) is 2.10. The van der Waals surface area contributed by atoms with Gasteiger partial charge in [0.25, 0.3) is 0 Å². The Labute approximate surface area is 97.0 Å². The average Bonchev–Trinajstić information content (AvgIpc) is 2.89. The minimum absolute atomic E-state index is 0.434. The van der Waals surface area contributed by atoms with Crippen LogP contribution in [0.1, 0.15) is 26.2 Å². The molecule has 1 fully saturated rings. The van der Waals surface area contributed by atoms with Crippen molar-refractivity contribution in [2.45, 2.75) is 44.9 Å². The zero-order chi connectivity index (χ0) is 11.2. The van der Waals surface area contributed by atoms with Crippen molar-refractivity contribution in [3.05, 3.63) is 18.7 Å². The Morgan fingerprint density at radius 2 is 2.44 bits per heavy atom. The number of aryl methyl sites for hydroxylation is 1. The van der Waals surface area contributed by atoms with Crippen LogP contribution in [0.3, 0.4) is 0 Å². The summed E-state index contributed by atoms with van der Waals surface area (Å²) in [4.78, 5) is 4.01. The molecule has 4 heteroatoms. The maximum absolute atomic E-state index is 5.74. The van der Waals surface area contributed by atoms with Gasteiger partial charge >= 0.3 is 0 Å². The van der Waals surface area contributed by atoms with Crippen molar-refractivity contribution in [2.24, 2.45) is 0 Å². The number of ether oxygens (including phenoxy) is 1. The lowest BCUT2D eigenvalue weighted by molar-refractivity contribution is 0.0561. The molecule has 1 saturated heterocycles. The molecule has 1 aliphatic rings. The van der Waals surface area contributed by atoms with Gasteiger partial charge < -0.3 is 14.6 Å². The van der Waals surface area contributed by atoms with E-state index in [9.17, 15) is 0 Å². The highest BCUT2D eigenvalue weighted by atomic mass is 16.5. The lowest BCUT2D eigenvalue weighted by Crippen LogP contribution is -2.28. The standard InChI is InChI=1S/C12H21N3O/c1-11-3-4-12(16-11)9-13-5-2-7-15-8-6-14-10-15/h6,8,10-13H,2-5,7,9H2,1H3. The Kier molecular flexibility index (Phi) is 4.36. The number of aromatic nitrogens is 2. The van der Waals surface area contributed by atoms with Crippen molar-refractivity contribution in [1.29, 1.82) is 0 Å². The van der Waals surface area contributed by atoms with Gasteiger partial charge in [0.1, 0.15) is 0 Å². The molecule has 0 aliphatic carbocycles. The first kappa shape index (κ1) is 11.6. The molecule has 2 atom stereocenters. The zero-order valence-electron chi connectivity index (χ0n) is 9.93. The van der Waals surface area contributed by atoms with Gasteiger partial charge in [-0.25, -0.2) is 4.98 Å². The van der Waals surface area contributed by atoms with E-state index < -0.39 is 0 Å². The van der Waals surface area contributed by atoms with Crippen molar-refractivity contribution >= 4 is 0 Å². The SMILES string of the molecule is CC1CCC(CNCCCn2ccnc2)O1. The number of nitrogens with zero attached hydrogens (tertiary/aromatic N) is 2. The first-order valence-electron chi connectivity index (χ1n) is 6.16. The van der Waals surface area contributed by atoms with Crippen LogP contribution < -0.4 is 5.32 Å². The quantitative estimate of drug-likeness (QED) is 0.742. The molecular weight excluding hydrogens is 202 g/mol. The van der Waals surface area contributed by atoms with Crippen molar-refractivity contribution < 1.29 is 4.74 Å². The van der Waals surface area contributed by atoms with Gasteiger partial charge in [-0.05, 0) is 32.7 Å². The van der Waals surface area contributed by atoms with Crippen molar-refractivity contribution in [2.75, 3.05) is 13.1 Å². The lowest BCUT2D eigenvalue weighted by atomic mass is 10.2. The van der Waals surface area contributed by atoms with Crippen LogP contribution in [0, 0.1) is 0 Å². The molecule has 0 aromatic carbocycles. The molecule has 0 radical (unpaired) electrons. The monoisotopic (exact) mass is 223 g/mol. The van der Waals surface area contributed by atoms with Crippen molar-refractivity contribution in [3.8, 4) is 0 Å². The van der Waals surface area contributed by atoms with Crippen LogP contribution in [0.4, 0.5) is 0 Å². The number of hydrogen-bond donors (Lipinski definition) is 1. The summed E-state index contributed by atoms with van der Waals surface area (Å²) < 4.78 is 7.84. The average molecular weight is 223 g/mol. The maximum Gasteiger partial charge on any atom is 0.0945 e. The summed E-state index contributed by atoms with van der Waals surface area (Å²) in [6, 6.07) is 0. The largest absolute Gasteiger partial charge is 0.374 e. The minimum atomic E-state index is 0.434. The summed E-state index contributed by atoms with van der Waals surface area (Å²) in [5.41, 5.74) is 0. The molecule has 0 amide bonds. The van der Waals surface area contributed by atoms with Crippen LogP contribution in [0.2, 0.25) is 0 Å².